The zero-order valence-electron chi connectivity index (χ0n) is 27.3. The summed E-state index contributed by atoms with van der Waals surface area (Å²) in [5, 5.41) is 8.79. The fraction of sp³-hybridized carbons (Fsp3) is 0.119. The number of benzene rings is 6. The van der Waals surface area contributed by atoms with Gasteiger partial charge in [0.1, 0.15) is 0 Å². The molecular formula is C42H39Cl2OP3Ru. The molecule has 0 unspecified atom stereocenters. The first-order valence-electron chi connectivity index (χ1n) is 15.8. The Kier molecular flexibility index (Phi) is 17.4. The Balaban J connectivity index is 0.00000103. The van der Waals surface area contributed by atoms with Crippen LogP contribution in [0.2, 0.25) is 0 Å². The Morgan fingerprint density at radius 3 is 0.694 bits per heavy atom. The molecular weight excluding hydrogens is 785 g/mol. The van der Waals surface area contributed by atoms with Crippen LogP contribution in [0.1, 0.15) is 6.92 Å². The van der Waals surface area contributed by atoms with Crippen LogP contribution in [0.3, 0.4) is 0 Å². The van der Waals surface area contributed by atoms with E-state index in [1.54, 1.807) is 0 Å². The van der Waals surface area contributed by atoms with Crippen LogP contribution in [-0.2, 0) is 19.8 Å². The maximum atomic E-state index is 7.50. The molecule has 0 heterocycles. The molecule has 0 aliphatic rings. The van der Waals surface area contributed by atoms with Gasteiger partial charge >= 0.3 is 45.8 Å². The second-order valence-corrected chi connectivity index (χ2v) is 20.9. The quantitative estimate of drug-likeness (QED) is 0.0508. The molecule has 0 fully saturated rings. The summed E-state index contributed by atoms with van der Waals surface area (Å²) in [5.74, 6) is 0. The number of halogens is 2. The molecule has 0 aliphatic carbocycles. The summed E-state index contributed by atoms with van der Waals surface area (Å²) in [6, 6.07) is 67.7. The first kappa shape index (κ1) is 39.3. The zero-order chi connectivity index (χ0) is 34.7. The van der Waals surface area contributed by atoms with E-state index in [2.05, 4.69) is 196 Å². The second kappa shape index (κ2) is 21.7. The summed E-state index contributed by atoms with van der Waals surface area (Å²) >= 11 is -0.346. The fourth-order valence-corrected chi connectivity index (χ4v) is 14.6. The van der Waals surface area contributed by atoms with Crippen molar-refractivity contribution in [1.82, 2.24) is 0 Å². The standard InChI is InChI=1S/C41H39P3.CO.2ClH.Ru/c1-41(32-42(35-20-8-2-9-21-35)36-22-10-3-11-23-36,33-43(37-24-12-4-13-25-37)38-26-14-5-15-27-38)34-44(39-28-16-6-17-29-39)40-30-18-7-19-31-40;1-2;;;/h2-31H,32-34H2,1H3;;2*1H;/q;;;;+2/p-2. The molecule has 0 aliphatic heterocycles. The number of hydrogen-bond donors (Lipinski definition) is 0. The summed E-state index contributed by atoms with van der Waals surface area (Å²) in [7, 11) is 8.04. The van der Waals surface area contributed by atoms with Crippen molar-refractivity contribution in [1.29, 1.82) is 0 Å². The molecule has 0 N–H and O–H groups in total. The van der Waals surface area contributed by atoms with Gasteiger partial charge in [-0.1, -0.05) is 189 Å². The van der Waals surface area contributed by atoms with Crippen LogP contribution >= 0.6 is 43.1 Å². The van der Waals surface area contributed by atoms with Gasteiger partial charge in [-0.2, -0.15) is 0 Å². The molecule has 1 nitrogen and oxygen atoms in total. The topological polar surface area (TPSA) is 19.9 Å². The van der Waals surface area contributed by atoms with Gasteiger partial charge in [-0.25, -0.2) is 0 Å². The first-order valence-corrected chi connectivity index (χ1v) is 24.8. The van der Waals surface area contributed by atoms with Gasteiger partial charge in [0, 0.05) is 0 Å². The van der Waals surface area contributed by atoms with Crippen LogP contribution in [0.5, 0.6) is 0 Å². The van der Waals surface area contributed by atoms with Gasteiger partial charge in [-0.3, -0.25) is 0 Å². The van der Waals surface area contributed by atoms with Crippen LogP contribution in [0.15, 0.2) is 182 Å². The fourth-order valence-electron chi connectivity index (χ4n) is 5.94. The molecule has 0 amide bonds. The van der Waals surface area contributed by atoms with Gasteiger partial charge in [0.2, 0.25) is 0 Å². The van der Waals surface area contributed by atoms with Crippen molar-refractivity contribution in [2.75, 3.05) is 18.5 Å². The third kappa shape index (κ3) is 12.1. The summed E-state index contributed by atoms with van der Waals surface area (Å²) in [4.78, 5) is 0. The average molecular weight is 825 g/mol. The Hall–Kier alpha value is -2.45. The van der Waals surface area contributed by atoms with Crippen LogP contribution in [0.25, 0.3) is 0 Å². The van der Waals surface area contributed by atoms with Crippen LogP contribution in [0.4, 0.5) is 0 Å². The summed E-state index contributed by atoms with van der Waals surface area (Å²) in [6.45, 7) is 7.11. The van der Waals surface area contributed by atoms with Crippen molar-refractivity contribution in [2.45, 2.75) is 6.92 Å². The number of rotatable bonds is 12. The molecule has 0 bridgehead atoms. The molecule has 0 atom stereocenters. The SMILES string of the molecule is CC(CP(c1ccccc1)c1ccccc1)(CP(c1ccccc1)c1ccccc1)CP(c1ccccc1)c1ccccc1.[C-]#[O+].[Cl][Ru][Cl]. The third-order valence-electron chi connectivity index (χ3n) is 8.03. The van der Waals surface area contributed by atoms with E-state index in [9.17, 15) is 0 Å². The van der Waals surface area contributed by atoms with E-state index in [1.807, 2.05) is 0 Å². The molecule has 6 aromatic carbocycles. The van der Waals surface area contributed by atoms with Gasteiger partial charge in [0.05, 0.1) is 0 Å². The van der Waals surface area contributed by atoms with Crippen LogP contribution in [-0.4, -0.2) is 18.5 Å². The Bertz CT molecular complexity index is 1440. The molecule has 0 radical (unpaired) electrons. The molecule has 49 heavy (non-hydrogen) atoms. The number of hydrogen-bond acceptors (Lipinski definition) is 0. The molecule has 6 aromatic rings. The third-order valence-corrected chi connectivity index (χ3v) is 16.8. The van der Waals surface area contributed by atoms with E-state index < -0.39 is 23.8 Å². The van der Waals surface area contributed by atoms with Crippen molar-refractivity contribution in [3.63, 3.8) is 0 Å². The predicted octanol–water partition coefficient (Wildman–Crippen LogP) is 9.73. The van der Waals surface area contributed by atoms with Gasteiger partial charge in [0.25, 0.3) is 0 Å². The monoisotopic (exact) mass is 824 g/mol. The van der Waals surface area contributed by atoms with Crippen molar-refractivity contribution < 1.29 is 19.8 Å². The summed E-state index contributed by atoms with van der Waals surface area (Å²) in [5.41, 5.74) is 0.0756. The van der Waals surface area contributed by atoms with Crippen molar-refractivity contribution in [3.8, 4) is 0 Å². The Morgan fingerprint density at radius 2 is 0.551 bits per heavy atom. The molecule has 0 saturated carbocycles. The van der Waals surface area contributed by atoms with Gasteiger partial charge in [-0.15, -0.1) is 0 Å². The molecule has 0 spiro atoms. The molecule has 250 valence electrons. The minimum absolute atomic E-state index is 0.0756. The average Bonchev–Trinajstić information content (AvgIpc) is 3.18. The second-order valence-electron chi connectivity index (χ2n) is 11.6. The van der Waals surface area contributed by atoms with E-state index >= 15 is 0 Å². The van der Waals surface area contributed by atoms with E-state index in [0.717, 1.165) is 18.5 Å². The molecule has 7 heteroatoms. The van der Waals surface area contributed by atoms with E-state index in [4.69, 9.17) is 24.0 Å². The molecule has 0 saturated heterocycles. The minimum atomic E-state index is -0.555. The Morgan fingerprint density at radius 1 is 0.408 bits per heavy atom. The van der Waals surface area contributed by atoms with Gasteiger partial charge < -0.3 is 0 Å². The van der Waals surface area contributed by atoms with Crippen molar-refractivity contribution in [2.24, 2.45) is 5.41 Å². The van der Waals surface area contributed by atoms with Gasteiger partial charge in [0.15, 0.2) is 0 Å². The van der Waals surface area contributed by atoms with Gasteiger partial charge in [-0.05, 0) is 79.5 Å². The molecule has 0 aromatic heterocycles. The normalized spacial score (nSPS) is 11.0. The predicted molar refractivity (Wildman–Crippen MR) is 216 cm³/mol. The summed E-state index contributed by atoms with van der Waals surface area (Å²) < 4.78 is 7.50. The van der Waals surface area contributed by atoms with Crippen molar-refractivity contribution in [3.05, 3.63) is 189 Å². The Labute approximate surface area is 312 Å². The zero-order valence-corrected chi connectivity index (χ0v) is 33.2. The molecule has 6 rings (SSSR count). The van der Waals surface area contributed by atoms with E-state index in [0.29, 0.717) is 0 Å². The van der Waals surface area contributed by atoms with Crippen molar-refractivity contribution >= 4 is 75.0 Å². The summed E-state index contributed by atoms with van der Waals surface area (Å²) in [6.07, 6.45) is 3.44. The van der Waals surface area contributed by atoms with Crippen LogP contribution in [0, 0.1) is 12.1 Å². The van der Waals surface area contributed by atoms with E-state index in [-0.39, 0.29) is 20.6 Å². The first-order chi connectivity index (χ1) is 24.1. The van der Waals surface area contributed by atoms with E-state index in [1.165, 1.54) is 31.8 Å². The van der Waals surface area contributed by atoms with Crippen LogP contribution < -0.4 is 31.8 Å². The maximum absolute atomic E-state index is 7.50.